The molecule has 2 nitrogen and oxygen atoms in total. The van der Waals surface area contributed by atoms with Crippen molar-refractivity contribution in [3.05, 3.63) is 77.9 Å². The molecule has 0 N–H and O–H groups in total. The minimum absolute atomic E-state index is 0.101. The fourth-order valence-corrected chi connectivity index (χ4v) is 3.71. The number of hydrogen-bond acceptors (Lipinski definition) is 2. The molecule has 1 aliphatic rings. The van der Waals surface area contributed by atoms with E-state index in [0.717, 1.165) is 11.4 Å². The lowest BCUT2D eigenvalue weighted by atomic mass is 9.79. The van der Waals surface area contributed by atoms with Crippen LogP contribution in [-0.2, 0) is 5.41 Å². The van der Waals surface area contributed by atoms with Crippen molar-refractivity contribution in [2.45, 2.75) is 19.3 Å². The van der Waals surface area contributed by atoms with E-state index >= 15 is 0 Å². The van der Waals surface area contributed by atoms with Crippen LogP contribution in [0, 0.1) is 0 Å². The third-order valence-electron chi connectivity index (χ3n) is 5.26. The molecular weight excluding hydrogens is 316 g/mol. The second-order valence-electron chi connectivity index (χ2n) is 7.62. The second kappa shape index (κ2) is 6.14. The van der Waals surface area contributed by atoms with Crippen LogP contribution in [0.4, 0.5) is 11.4 Å². The lowest BCUT2D eigenvalue weighted by Gasteiger charge is -2.22. The Morgan fingerprint density at radius 2 is 1.58 bits per heavy atom. The van der Waals surface area contributed by atoms with Gasteiger partial charge in [-0.1, -0.05) is 62.4 Å². The third kappa shape index (κ3) is 2.72. The summed E-state index contributed by atoms with van der Waals surface area (Å²) in [5, 5.41) is 2.58. The molecule has 0 saturated heterocycles. The first kappa shape index (κ1) is 16.6. The average molecular weight is 340 g/mol. The van der Waals surface area contributed by atoms with E-state index in [1.807, 2.05) is 0 Å². The molecule has 0 fully saturated rings. The normalized spacial score (nSPS) is 15.3. The average Bonchev–Trinajstić information content (AvgIpc) is 2.91. The molecule has 0 bridgehead atoms. The van der Waals surface area contributed by atoms with Crippen LogP contribution in [-0.4, -0.2) is 19.8 Å². The molecule has 4 rings (SSSR count). The first-order valence-electron chi connectivity index (χ1n) is 9.04. The Morgan fingerprint density at radius 3 is 2.31 bits per heavy atom. The summed E-state index contributed by atoms with van der Waals surface area (Å²) in [6, 6.07) is 21.5. The number of aliphatic imine (C=N–C) groups is 1. The lowest BCUT2D eigenvalue weighted by Crippen LogP contribution is -2.24. The predicted octanol–water partition coefficient (Wildman–Crippen LogP) is 5.98. The number of allylic oxidation sites excluding steroid dienone is 1. The first-order chi connectivity index (χ1) is 12.5. The minimum atomic E-state index is -0.101. The van der Waals surface area contributed by atoms with Gasteiger partial charge in [0.1, 0.15) is 0 Å². The topological polar surface area (TPSA) is 15.6 Å². The van der Waals surface area contributed by atoms with Crippen LogP contribution in [0.3, 0.4) is 0 Å². The number of rotatable bonds is 3. The Hall–Kier alpha value is -2.87. The largest absolute Gasteiger partial charge is 0.378 e. The fourth-order valence-electron chi connectivity index (χ4n) is 3.71. The van der Waals surface area contributed by atoms with Crippen LogP contribution in [0.1, 0.15) is 25.0 Å². The van der Waals surface area contributed by atoms with Gasteiger partial charge in [-0.05, 0) is 46.2 Å². The van der Waals surface area contributed by atoms with Gasteiger partial charge in [-0.3, -0.25) is 4.99 Å². The molecule has 26 heavy (non-hydrogen) atoms. The Labute approximate surface area is 155 Å². The van der Waals surface area contributed by atoms with Crippen molar-refractivity contribution in [3.8, 4) is 0 Å². The van der Waals surface area contributed by atoms with E-state index in [2.05, 4.69) is 106 Å². The van der Waals surface area contributed by atoms with Gasteiger partial charge in [-0.25, -0.2) is 0 Å². The highest BCUT2D eigenvalue weighted by molar-refractivity contribution is 6.13. The zero-order valence-electron chi connectivity index (χ0n) is 15.8. The highest BCUT2D eigenvalue weighted by Crippen LogP contribution is 2.44. The van der Waals surface area contributed by atoms with E-state index in [0.29, 0.717) is 0 Å². The first-order valence-corrected chi connectivity index (χ1v) is 9.04. The van der Waals surface area contributed by atoms with Gasteiger partial charge >= 0.3 is 0 Å². The summed E-state index contributed by atoms with van der Waals surface area (Å²) in [6.45, 7) is 4.53. The van der Waals surface area contributed by atoms with Crippen LogP contribution in [0.5, 0.6) is 0 Å². The summed E-state index contributed by atoms with van der Waals surface area (Å²) in [5.41, 5.74) is 5.83. The van der Waals surface area contributed by atoms with Gasteiger partial charge in [0.25, 0.3) is 0 Å². The van der Waals surface area contributed by atoms with Crippen LogP contribution in [0.2, 0.25) is 0 Å². The maximum Gasteiger partial charge on any atom is 0.0681 e. The van der Waals surface area contributed by atoms with Crippen LogP contribution < -0.4 is 4.90 Å². The molecule has 3 aromatic carbocycles. The van der Waals surface area contributed by atoms with Crippen molar-refractivity contribution >= 4 is 33.9 Å². The number of nitrogens with zero attached hydrogens (tertiary/aromatic N) is 2. The molecule has 130 valence electrons. The molecule has 0 atom stereocenters. The van der Waals surface area contributed by atoms with E-state index in [-0.39, 0.29) is 5.41 Å². The van der Waals surface area contributed by atoms with Gasteiger partial charge in [-0.2, -0.15) is 0 Å². The Kier molecular flexibility index (Phi) is 3.91. The quantitative estimate of drug-likeness (QED) is 0.572. The maximum atomic E-state index is 4.94. The molecule has 0 unspecified atom stereocenters. The van der Waals surface area contributed by atoms with Crippen LogP contribution >= 0.6 is 0 Å². The van der Waals surface area contributed by atoms with Crippen molar-refractivity contribution in [2.24, 2.45) is 4.99 Å². The van der Waals surface area contributed by atoms with Crippen molar-refractivity contribution in [2.75, 3.05) is 19.0 Å². The van der Waals surface area contributed by atoms with Gasteiger partial charge in [-0.15, -0.1) is 0 Å². The zero-order chi connectivity index (χ0) is 18.3. The molecule has 0 radical (unpaired) electrons. The third-order valence-corrected chi connectivity index (χ3v) is 5.26. The SMILES string of the molecule is CN(C)c1ccc(/C=C\C2=Nc3ccc4ccccc4c3C2(C)C)cc1. The summed E-state index contributed by atoms with van der Waals surface area (Å²) in [5.74, 6) is 0. The Balaban J connectivity index is 1.69. The summed E-state index contributed by atoms with van der Waals surface area (Å²) in [7, 11) is 4.12. The maximum absolute atomic E-state index is 4.94. The number of benzene rings is 3. The molecule has 3 aromatic rings. The highest BCUT2D eigenvalue weighted by atomic mass is 15.1. The Morgan fingerprint density at radius 1 is 0.846 bits per heavy atom. The van der Waals surface area contributed by atoms with Crippen molar-refractivity contribution in [3.63, 3.8) is 0 Å². The standard InChI is InChI=1S/C24H24N2/c1-24(2)22(16-11-17-9-13-19(14-10-17)26(3)4)25-21-15-12-18-7-5-6-8-20(18)23(21)24/h5-16H,1-4H3/b16-11-. The fraction of sp³-hybridized carbons (Fsp3) is 0.208. The number of anilines is 1. The lowest BCUT2D eigenvalue weighted by molar-refractivity contribution is 0.747. The Bertz CT molecular complexity index is 1020. The number of fused-ring (bicyclic) bond motifs is 3. The van der Waals surface area contributed by atoms with Gasteiger partial charge in [0, 0.05) is 25.2 Å². The second-order valence-corrected chi connectivity index (χ2v) is 7.62. The molecule has 0 saturated carbocycles. The van der Waals surface area contributed by atoms with Gasteiger partial charge in [0.2, 0.25) is 0 Å². The molecular formula is C24H24N2. The molecule has 1 heterocycles. The molecule has 0 amide bonds. The van der Waals surface area contributed by atoms with E-state index < -0.39 is 0 Å². The predicted molar refractivity (Wildman–Crippen MR) is 114 cm³/mol. The summed E-state index contributed by atoms with van der Waals surface area (Å²) >= 11 is 0. The van der Waals surface area contributed by atoms with Crippen molar-refractivity contribution < 1.29 is 0 Å². The van der Waals surface area contributed by atoms with E-state index in [1.165, 1.54) is 27.6 Å². The van der Waals surface area contributed by atoms with Crippen molar-refractivity contribution in [1.29, 1.82) is 0 Å². The monoisotopic (exact) mass is 340 g/mol. The van der Waals surface area contributed by atoms with E-state index in [9.17, 15) is 0 Å². The molecule has 0 aromatic heterocycles. The molecule has 0 spiro atoms. The van der Waals surface area contributed by atoms with E-state index in [4.69, 9.17) is 4.99 Å². The van der Waals surface area contributed by atoms with E-state index in [1.54, 1.807) is 0 Å². The summed E-state index contributed by atoms with van der Waals surface area (Å²) < 4.78 is 0. The number of hydrogen-bond donors (Lipinski definition) is 0. The van der Waals surface area contributed by atoms with Crippen LogP contribution in [0.15, 0.2) is 71.7 Å². The van der Waals surface area contributed by atoms with Gasteiger partial charge in [0.15, 0.2) is 0 Å². The van der Waals surface area contributed by atoms with Gasteiger partial charge < -0.3 is 4.90 Å². The molecule has 0 aliphatic carbocycles. The zero-order valence-corrected chi connectivity index (χ0v) is 15.8. The van der Waals surface area contributed by atoms with Crippen molar-refractivity contribution in [1.82, 2.24) is 0 Å². The molecule has 1 aliphatic heterocycles. The van der Waals surface area contributed by atoms with Gasteiger partial charge in [0.05, 0.1) is 11.4 Å². The highest BCUT2D eigenvalue weighted by Gasteiger charge is 2.34. The van der Waals surface area contributed by atoms with Crippen LogP contribution in [0.25, 0.3) is 16.8 Å². The molecule has 2 heteroatoms. The smallest absolute Gasteiger partial charge is 0.0681 e. The minimum Gasteiger partial charge on any atom is -0.378 e. The summed E-state index contributed by atoms with van der Waals surface area (Å²) in [4.78, 5) is 7.05. The summed E-state index contributed by atoms with van der Waals surface area (Å²) in [6.07, 6.45) is 4.33.